The topological polar surface area (TPSA) is 62.1 Å². The Morgan fingerprint density at radius 2 is 1.88 bits per heavy atom. The van der Waals surface area contributed by atoms with Crippen LogP contribution in [0.2, 0.25) is 0 Å². The number of rotatable bonds is 4. The van der Waals surface area contributed by atoms with E-state index in [1.165, 1.54) is 0 Å². The number of nitrogens with zero attached hydrogens (tertiary/aromatic N) is 1. The number of H-pyrrole nitrogens is 1. The van der Waals surface area contributed by atoms with Gasteiger partial charge in [0.15, 0.2) is 0 Å². The fourth-order valence-electron chi connectivity index (χ4n) is 2.61. The lowest BCUT2D eigenvalue weighted by Crippen LogP contribution is -2.28. The van der Waals surface area contributed by atoms with Crippen molar-refractivity contribution < 1.29 is 4.79 Å². The van der Waals surface area contributed by atoms with Crippen LogP contribution in [0.15, 0.2) is 60.7 Å². The highest BCUT2D eigenvalue weighted by Gasteiger charge is 2.17. The maximum absolute atomic E-state index is 12.4. The molecule has 2 aromatic carbocycles. The van der Waals surface area contributed by atoms with Gasteiger partial charge in [0.2, 0.25) is 5.91 Å². The highest BCUT2D eigenvalue weighted by atomic mass is 16.2. The first kappa shape index (κ1) is 15.9. The smallest absolute Gasteiger partial charge is 0.246 e. The van der Waals surface area contributed by atoms with Gasteiger partial charge in [-0.25, -0.2) is 0 Å². The number of aromatic nitrogens is 1. The van der Waals surface area contributed by atoms with E-state index < -0.39 is 0 Å². The lowest BCUT2D eigenvalue weighted by atomic mass is 10.1. The summed E-state index contributed by atoms with van der Waals surface area (Å²) in [5.41, 5.74) is 9.43. The van der Waals surface area contributed by atoms with Crippen LogP contribution in [0.5, 0.6) is 0 Å². The Bertz CT molecular complexity index is 844. The van der Waals surface area contributed by atoms with Gasteiger partial charge in [0.05, 0.1) is 6.04 Å². The summed E-state index contributed by atoms with van der Waals surface area (Å²) in [7, 11) is 1.81. The van der Waals surface area contributed by atoms with Gasteiger partial charge in [0, 0.05) is 30.0 Å². The predicted octanol–water partition coefficient (Wildman–Crippen LogP) is 3.98. The summed E-state index contributed by atoms with van der Waals surface area (Å²) in [4.78, 5) is 17.5. The molecule has 1 unspecified atom stereocenters. The number of hydrogen-bond acceptors (Lipinski definition) is 2. The first-order valence-electron chi connectivity index (χ1n) is 7.92. The molecule has 4 nitrogen and oxygen atoms in total. The molecule has 3 aromatic rings. The van der Waals surface area contributed by atoms with Gasteiger partial charge in [-0.15, -0.1) is 0 Å². The molecule has 122 valence electrons. The molecule has 0 aliphatic rings. The number of fused-ring (bicyclic) bond motifs is 1. The second-order valence-corrected chi connectivity index (χ2v) is 5.94. The van der Waals surface area contributed by atoms with Crippen molar-refractivity contribution in [3.05, 3.63) is 71.9 Å². The number of nitrogen functional groups attached to an aromatic ring is 1. The van der Waals surface area contributed by atoms with Gasteiger partial charge in [-0.3, -0.25) is 4.79 Å². The summed E-state index contributed by atoms with van der Waals surface area (Å²) < 4.78 is 0. The molecule has 0 spiro atoms. The largest absolute Gasteiger partial charge is 0.399 e. The molecule has 0 saturated carbocycles. The number of nitrogens with two attached hydrogens (primary N) is 1. The molecule has 0 saturated heterocycles. The van der Waals surface area contributed by atoms with Crippen molar-refractivity contribution in [3.8, 4) is 0 Å². The molecule has 1 aromatic heterocycles. The van der Waals surface area contributed by atoms with Crippen molar-refractivity contribution in [2.45, 2.75) is 13.0 Å². The average molecular weight is 319 g/mol. The Morgan fingerprint density at radius 3 is 2.58 bits per heavy atom. The quantitative estimate of drug-likeness (QED) is 0.564. The normalized spacial score (nSPS) is 12.6. The molecule has 3 N–H and O–H groups in total. The van der Waals surface area contributed by atoms with Crippen molar-refractivity contribution >= 4 is 28.6 Å². The molecular formula is C20H21N3O. The Morgan fingerprint density at radius 1 is 1.17 bits per heavy atom. The molecule has 0 fully saturated rings. The lowest BCUT2D eigenvalue weighted by Gasteiger charge is -2.22. The number of anilines is 1. The molecule has 0 bridgehead atoms. The first-order chi connectivity index (χ1) is 11.5. The van der Waals surface area contributed by atoms with Gasteiger partial charge in [-0.2, -0.15) is 0 Å². The molecular weight excluding hydrogens is 298 g/mol. The summed E-state index contributed by atoms with van der Waals surface area (Å²) in [5, 5.41) is 1.15. The number of nitrogens with one attached hydrogen (secondary N) is 1. The van der Waals surface area contributed by atoms with E-state index in [2.05, 4.69) is 17.1 Å². The highest BCUT2D eigenvalue weighted by molar-refractivity contribution is 5.92. The van der Waals surface area contributed by atoms with E-state index in [4.69, 9.17) is 5.73 Å². The second kappa shape index (κ2) is 6.62. The molecule has 4 heteroatoms. The summed E-state index contributed by atoms with van der Waals surface area (Å²) in [6.45, 7) is 2.01. The van der Waals surface area contributed by atoms with E-state index in [0.717, 1.165) is 22.2 Å². The fraction of sp³-hybridized carbons (Fsp3) is 0.150. The standard InChI is InChI=1S/C20H21N3O/c1-14(19-13-16-5-3-4-6-18(16)22-19)23(2)20(24)12-9-15-7-10-17(21)11-8-15/h3-14,22H,21H2,1-2H3. The maximum Gasteiger partial charge on any atom is 0.246 e. The average Bonchev–Trinajstić information content (AvgIpc) is 3.03. The summed E-state index contributed by atoms with van der Waals surface area (Å²) in [6, 6.07) is 17.6. The zero-order chi connectivity index (χ0) is 17.1. The van der Waals surface area contributed by atoms with E-state index in [-0.39, 0.29) is 11.9 Å². The monoisotopic (exact) mass is 319 g/mol. The number of carbonyl (C=O) groups is 1. The predicted molar refractivity (Wildman–Crippen MR) is 99.4 cm³/mol. The van der Waals surface area contributed by atoms with Gasteiger partial charge >= 0.3 is 0 Å². The van der Waals surface area contributed by atoms with E-state index in [9.17, 15) is 4.79 Å². The van der Waals surface area contributed by atoms with Crippen LogP contribution in [0.4, 0.5) is 5.69 Å². The second-order valence-electron chi connectivity index (χ2n) is 5.94. The molecule has 0 radical (unpaired) electrons. The number of aromatic amines is 1. The highest BCUT2D eigenvalue weighted by Crippen LogP contribution is 2.23. The van der Waals surface area contributed by atoms with Gasteiger partial charge < -0.3 is 15.6 Å². The molecule has 1 amide bonds. The van der Waals surface area contributed by atoms with Crippen LogP contribution in [-0.2, 0) is 4.79 Å². The van der Waals surface area contributed by atoms with Crippen LogP contribution in [0, 0.1) is 0 Å². The molecule has 1 atom stereocenters. The lowest BCUT2D eigenvalue weighted by molar-refractivity contribution is -0.126. The Balaban J connectivity index is 1.73. The number of likely N-dealkylation sites (N-methyl/N-ethyl adjacent to an activating group) is 1. The Kier molecular flexibility index (Phi) is 4.38. The van der Waals surface area contributed by atoms with Crippen molar-refractivity contribution in [1.82, 2.24) is 9.88 Å². The Hall–Kier alpha value is -3.01. The molecule has 1 heterocycles. The minimum atomic E-state index is -0.0435. The Labute approximate surface area is 141 Å². The summed E-state index contributed by atoms with van der Waals surface area (Å²) >= 11 is 0. The number of para-hydroxylation sites is 1. The van der Waals surface area contributed by atoms with Gasteiger partial charge in [0.25, 0.3) is 0 Å². The van der Waals surface area contributed by atoms with E-state index >= 15 is 0 Å². The third-order valence-electron chi connectivity index (χ3n) is 4.28. The van der Waals surface area contributed by atoms with Crippen LogP contribution >= 0.6 is 0 Å². The first-order valence-corrected chi connectivity index (χ1v) is 7.92. The van der Waals surface area contributed by atoms with Gasteiger partial charge in [-0.1, -0.05) is 30.3 Å². The zero-order valence-electron chi connectivity index (χ0n) is 13.9. The summed E-state index contributed by atoms with van der Waals surface area (Å²) in [6.07, 6.45) is 3.39. The maximum atomic E-state index is 12.4. The van der Waals surface area contributed by atoms with Crippen LogP contribution in [0.25, 0.3) is 17.0 Å². The molecule has 3 rings (SSSR count). The summed E-state index contributed by atoms with van der Waals surface area (Å²) in [5.74, 6) is -0.0435. The van der Waals surface area contributed by atoms with Crippen molar-refractivity contribution in [2.24, 2.45) is 0 Å². The SMILES string of the molecule is CC(c1cc2ccccc2[nH]1)N(C)C(=O)C=Cc1ccc(N)cc1. The van der Waals surface area contributed by atoms with Crippen molar-refractivity contribution in [2.75, 3.05) is 12.8 Å². The van der Waals surface area contributed by atoms with Crippen molar-refractivity contribution in [1.29, 1.82) is 0 Å². The number of amides is 1. The van der Waals surface area contributed by atoms with Crippen LogP contribution in [0.3, 0.4) is 0 Å². The fourth-order valence-corrected chi connectivity index (χ4v) is 2.61. The third-order valence-corrected chi connectivity index (χ3v) is 4.28. The number of benzene rings is 2. The zero-order valence-corrected chi connectivity index (χ0v) is 13.9. The molecule has 0 aliphatic heterocycles. The van der Waals surface area contributed by atoms with Crippen LogP contribution in [-0.4, -0.2) is 22.8 Å². The van der Waals surface area contributed by atoms with E-state index in [1.807, 2.05) is 56.4 Å². The van der Waals surface area contributed by atoms with Crippen LogP contribution in [0.1, 0.15) is 24.2 Å². The number of hydrogen-bond donors (Lipinski definition) is 2. The third kappa shape index (κ3) is 3.33. The van der Waals surface area contributed by atoms with Crippen molar-refractivity contribution in [3.63, 3.8) is 0 Å². The van der Waals surface area contributed by atoms with Gasteiger partial charge in [-0.05, 0) is 48.2 Å². The minimum absolute atomic E-state index is 0.0408. The van der Waals surface area contributed by atoms with E-state index in [1.54, 1.807) is 17.1 Å². The van der Waals surface area contributed by atoms with E-state index in [0.29, 0.717) is 5.69 Å². The number of carbonyl (C=O) groups excluding carboxylic acids is 1. The molecule has 0 aliphatic carbocycles. The van der Waals surface area contributed by atoms with Crippen LogP contribution < -0.4 is 5.73 Å². The van der Waals surface area contributed by atoms with Gasteiger partial charge in [0.1, 0.15) is 0 Å². The molecule has 24 heavy (non-hydrogen) atoms. The minimum Gasteiger partial charge on any atom is -0.399 e.